The number of aryl methyl sites for hydroxylation is 2. The number of anilines is 2. The van der Waals surface area contributed by atoms with Gasteiger partial charge in [0.2, 0.25) is 0 Å². The second-order valence-corrected chi connectivity index (χ2v) is 8.40. The third-order valence-electron chi connectivity index (χ3n) is 6.57. The number of pyridine rings is 2. The Kier molecular flexibility index (Phi) is 4.04. The minimum atomic E-state index is 0.599. The van der Waals surface area contributed by atoms with Gasteiger partial charge in [-0.15, -0.1) is 0 Å². The van der Waals surface area contributed by atoms with Gasteiger partial charge in [-0.25, -0.2) is 9.97 Å². The monoisotopic (exact) mass is 386 g/mol. The van der Waals surface area contributed by atoms with Crippen molar-refractivity contribution in [2.45, 2.75) is 44.4 Å². The van der Waals surface area contributed by atoms with E-state index in [1.54, 1.807) is 0 Å². The predicted octanol–water partition coefficient (Wildman–Crippen LogP) is 4.53. The third kappa shape index (κ3) is 2.99. The lowest BCUT2D eigenvalue weighted by molar-refractivity contribution is 0.462. The van der Waals surface area contributed by atoms with Crippen molar-refractivity contribution in [1.82, 2.24) is 25.3 Å². The second kappa shape index (κ2) is 6.88. The zero-order valence-electron chi connectivity index (χ0n) is 16.5. The number of H-pyrrole nitrogens is 2. The highest BCUT2D eigenvalue weighted by molar-refractivity contribution is 5.86. The SMILES string of the molecule is c1nc2[nH]cc(C3CCNCC3)c2cc1Nc1ccc2c3c([nH]c2n1)CCCC3. The quantitative estimate of drug-likeness (QED) is 0.417. The smallest absolute Gasteiger partial charge is 0.140 e. The zero-order valence-corrected chi connectivity index (χ0v) is 16.5. The molecule has 1 aliphatic heterocycles. The fourth-order valence-electron chi connectivity index (χ4n) is 5.06. The summed E-state index contributed by atoms with van der Waals surface area (Å²) in [6.07, 6.45) is 11.2. The van der Waals surface area contributed by atoms with Gasteiger partial charge < -0.3 is 20.6 Å². The number of hydrogen-bond acceptors (Lipinski definition) is 4. The molecule has 4 N–H and O–H groups in total. The Morgan fingerprint density at radius 3 is 2.83 bits per heavy atom. The van der Waals surface area contributed by atoms with E-state index < -0.39 is 0 Å². The van der Waals surface area contributed by atoms with Crippen LogP contribution in [-0.2, 0) is 12.8 Å². The highest BCUT2D eigenvalue weighted by Crippen LogP contribution is 2.33. The summed E-state index contributed by atoms with van der Waals surface area (Å²) < 4.78 is 0. The molecule has 0 saturated carbocycles. The van der Waals surface area contributed by atoms with Crippen molar-refractivity contribution in [1.29, 1.82) is 0 Å². The van der Waals surface area contributed by atoms with Crippen LogP contribution >= 0.6 is 0 Å². The van der Waals surface area contributed by atoms with E-state index in [0.717, 1.165) is 48.7 Å². The zero-order chi connectivity index (χ0) is 19.2. The van der Waals surface area contributed by atoms with E-state index in [4.69, 9.17) is 4.98 Å². The number of hydrogen-bond donors (Lipinski definition) is 4. The highest BCUT2D eigenvalue weighted by Gasteiger charge is 2.19. The predicted molar refractivity (Wildman–Crippen MR) is 117 cm³/mol. The summed E-state index contributed by atoms with van der Waals surface area (Å²) in [7, 11) is 0. The first kappa shape index (κ1) is 17.0. The Balaban J connectivity index is 1.32. The van der Waals surface area contributed by atoms with Gasteiger partial charge in [0, 0.05) is 22.7 Å². The van der Waals surface area contributed by atoms with Gasteiger partial charge in [0.15, 0.2) is 0 Å². The topological polar surface area (TPSA) is 81.4 Å². The molecule has 4 aromatic rings. The van der Waals surface area contributed by atoms with Crippen molar-refractivity contribution < 1.29 is 0 Å². The van der Waals surface area contributed by atoms with E-state index in [0.29, 0.717) is 5.92 Å². The van der Waals surface area contributed by atoms with Crippen molar-refractivity contribution in [2.75, 3.05) is 18.4 Å². The number of fused-ring (bicyclic) bond motifs is 4. The number of rotatable bonds is 3. The van der Waals surface area contributed by atoms with E-state index in [2.05, 4.69) is 50.0 Å². The molecule has 1 saturated heterocycles. The molecule has 0 unspecified atom stereocenters. The number of aromatic nitrogens is 4. The maximum Gasteiger partial charge on any atom is 0.140 e. The molecule has 6 rings (SSSR count). The van der Waals surface area contributed by atoms with Crippen LogP contribution in [0.4, 0.5) is 11.5 Å². The molecule has 4 aromatic heterocycles. The first-order chi connectivity index (χ1) is 14.3. The normalized spacial score (nSPS) is 17.7. The number of nitrogens with zero attached hydrogens (tertiary/aromatic N) is 2. The van der Waals surface area contributed by atoms with Crippen molar-refractivity contribution >= 4 is 33.6 Å². The Labute approximate surface area is 169 Å². The van der Waals surface area contributed by atoms with Crippen LogP contribution in [0.3, 0.4) is 0 Å². The van der Waals surface area contributed by atoms with Crippen molar-refractivity contribution in [3.05, 3.63) is 47.4 Å². The highest BCUT2D eigenvalue weighted by atomic mass is 15.0. The van der Waals surface area contributed by atoms with Crippen LogP contribution in [-0.4, -0.2) is 33.0 Å². The maximum atomic E-state index is 4.84. The van der Waals surface area contributed by atoms with E-state index in [-0.39, 0.29) is 0 Å². The minimum Gasteiger partial charge on any atom is -0.346 e. The van der Waals surface area contributed by atoms with Gasteiger partial charge in [-0.2, -0.15) is 0 Å². The number of aromatic amines is 2. The molecular formula is C23H26N6. The first-order valence-corrected chi connectivity index (χ1v) is 10.8. The molecule has 0 atom stereocenters. The standard InChI is InChI=1S/C23H26N6/c1-2-4-20-16(3-1)17-5-6-21(29-23(17)28-20)27-15-11-18-19(13-26-22(18)25-12-15)14-7-9-24-10-8-14/h5-6,11-14,24H,1-4,7-10H2,(H,25,26)(H2,27,28,29). The average molecular weight is 387 g/mol. The molecule has 6 heteroatoms. The summed E-state index contributed by atoms with van der Waals surface area (Å²) in [5, 5.41) is 9.42. The summed E-state index contributed by atoms with van der Waals surface area (Å²) >= 11 is 0. The largest absolute Gasteiger partial charge is 0.346 e. The Bertz CT molecular complexity index is 1180. The molecule has 5 heterocycles. The molecule has 6 nitrogen and oxygen atoms in total. The molecule has 0 aromatic carbocycles. The molecule has 1 aliphatic carbocycles. The van der Waals surface area contributed by atoms with E-state index in [1.807, 2.05) is 6.20 Å². The maximum absolute atomic E-state index is 4.84. The Morgan fingerprint density at radius 2 is 1.90 bits per heavy atom. The molecular weight excluding hydrogens is 360 g/mol. The number of nitrogens with one attached hydrogen (secondary N) is 4. The van der Waals surface area contributed by atoms with Gasteiger partial charge in [-0.1, -0.05) is 0 Å². The van der Waals surface area contributed by atoms with Crippen LogP contribution in [0.1, 0.15) is 48.4 Å². The summed E-state index contributed by atoms with van der Waals surface area (Å²) in [5.41, 5.74) is 7.16. The van der Waals surface area contributed by atoms with Gasteiger partial charge in [0.1, 0.15) is 17.1 Å². The molecule has 0 bridgehead atoms. The first-order valence-electron chi connectivity index (χ1n) is 10.8. The third-order valence-corrected chi connectivity index (χ3v) is 6.57. The lowest BCUT2D eigenvalue weighted by atomic mass is 9.90. The van der Waals surface area contributed by atoms with Gasteiger partial charge in [0.05, 0.1) is 11.9 Å². The summed E-state index contributed by atoms with van der Waals surface area (Å²) in [6.45, 7) is 2.18. The molecule has 0 spiro atoms. The summed E-state index contributed by atoms with van der Waals surface area (Å²) in [4.78, 5) is 16.4. The lowest BCUT2D eigenvalue weighted by Gasteiger charge is -2.22. The van der Waals surface area contributed by atoms with Crippen molar-refractivity contribution in [2.24, 2.45) is 0 Å². The molecule has 0 amide bonds. The van der Waals surface area contributed by atoms with Crippen LogP contribution in [0.5, 0.6) is 0 Å². The molecule has 2 aliphatic rings. The van der Waals surface area contributed by atoms with Gasteiger partial charge in [-0.3, -0.25) is 0 Å². The Hall–Kier alpha value is -2.86. The van der Waals surface area contributed by atoms with Crippen LogP contribution in [0.25, 0.3) is 22.1 Å². The van der Waals surface area contributed by atoms with E-state index >= 15 is 0 Å². The summed E-state index contributed by atoms with van der Waals surface area (Å²) in [6, 6.07) is 6.50. The second-order valence-electron chi connectivity index (χ2n) is 8.40. The van der Waals surface area contributed by atoms with Crippen molar-refractivity contribution in [3.63, 3.8) is 0 Å². The number of piperidine rings is 1. The molecule has 1 fully saturated rings. The van der Waals surface area contributed by atoms with Gasteiger partial charge in [-0.05, 0) is 86.9 Å². The molecule has 0 radical (unpaired) electrons. The fourth-order valence-corrected chi connectivity index (χ4v) is 5.06. The van der Waals surface area contributed by atoms with Gasteiger partial charge >= 0.3 is 0 Å². The van der Waals surface area contributed by atoms with Crippen molar-refractivity contribution in [3.8, 4) is 0 Å². The van der Waals surface area contributed by atoms with Crippen LogP contribution < -0.4 is 10.6 Å². The van der Waals surface area contributed by atoms with E-state index in [1.165, 1.54) is 53.3 Å². The fraction of sp³-hybridized carbons (Fsp3) is 0.391. The van der Waals surface area contributed by atoms with Crippen LogP contribution in [0.15, 0.2) is 30.6 Å². The minimum absolute atomic E-state index is 0.599. The molecule has 148 valence electrons. The lowest BCUT2D eigenvalue weighted by Crippen LogP contribution is -2.26. The van der Waals surface area contributed by atoms with Crippen LogP contribution in [0, 0.1) is 0 Å². The summed E-state index contributed by atoms with van der Waals surface area (Å²) in [5.74, 6) is 1.46. The van der Waals surface area contributed by atoms with Crippen LogP contribution in [0.2, 0.25) is 0 Å². The molecule has 29 heavy (non-hydrogen) atoms. The Morgan fingerprint density at radius 1 is 1.00 bits per heavy atom. The van der Waals surface area contributed by atoms with Gasteiger partial charge in [0.25, 0.3) is 0 Å². The van der Waals surface area contributed by atoms with E-state index in [9.17, 15) is 0 Å². The average Bonchev–Trinajstić information content (AvgIpc) is 3.35.